The zero-order valence-electron chi connectivity index (χ0n) is 11.6. The second kappa shape index (κ2) is 6.23. The number of carbonyl (C=O) groups excluding carboxylic acids is 1. The Morgan fingerprint density at radius 3 is 2.56 bits per heavy atom. The van der Waals surface area contributed by atoms with Gasteiger partial charge in [0.25, 0.3) is 0 Å². The molecule has 1 saturated heterocycles. The molecule has 0 atom stereocenters. The van der Waals surface area contributed by atoms with Gasteiger partial charge in [-0.25, -0.2) is 4.79 Å². The third kappa shape index (κ3) is 3.48. The molecule has 18 heavy (non-hydrogen) atoms. The molecule has 102 valence electrons. The van der Waals surface area contributed by atoms with Crippen molar-refractivity contribution < 1.29 is 4.79 Å². The predicted molar refractivity (Wildman–Crippen MR) is 73.4 cm³/mol. The number of nitrogens with zero attached hydrogens (tertiary/aromatic N) is 2. The van der Waals surface area contributed by atoms with Crippen molar-refractivity contribution in [2.24, 2.45) is 0 Å². The fourth-order valence-corrected chi connectivity index (χ4v) is 2.79. The third-order valence-corrected chi connectivity index (χ3v) is 4.20. The Kier molecular flexibility index (Phi) is 4.64. The lowest BCUT2D eigenvalue weighted by molar-refractivity contribution is 0.150. The first kappa shape index (κ1) is 13.4. The molecule has 2 amide bonds. The molecule has 1 N–H and O–H groups in total. The maximum atomic E-state index is 12.0. The number of rotatable bonds is 2. The van der Waals surface area contributed by atoms with Crippen molar-refractivity contribution in [2.75, 3.05) is 27.2 Å². The molecule has 4 heteroatoms. The summed E-state index contributed by atoms with van der Waals surface area (Å²) in [6.45, 7) is 2.17. The monoisotopic (exact) mass is 251 g/mol. The molecule has 1 aliphatic carbocycles. The van der Waals surface area contributed by atoms with Crippen LogP contribution >= 0.6 is 0 Å². The van der Waals surface area contributed by atoms with Gasteiger partial charge in [-0.1, -0.05) is 5.57 Å². The van der Waals surface area contributed by atoms with Crippen molar-refractivity contribution in [2.45, 2.75) is 44.6 Å². The number of hydrogen-bond donors (Lipinski definition) is 1. The molecular weight excluding hydrogens is 226 g/mol. The van der Waals surface area contributed by atoms with Gasteiger partial charge in [-0.2, -0.15) is 0 Å². The highest BCUT2D eigenvalue weighted by molar-refractivity contribution is 5.75. The molecule has 0 aromatic rings. The number of likely N-dealkylation sites (tertiary alicyclic amines) is 1. The van der Waals surface area contributed by atoms with Crippen LogP contribution in [0, 0.1) is 0 Å². The van der Waals surface area contributed by atoms with Gasteiger partial charge < -0.3 is 15.1 Å². The molecule has 2 rings (SSSR count). The number of hydrogen-bond acceptors (Lipinski definition) is 2. The van der Waals surface area contributed by atoms with Gasteiger partial charge in [-0.15, -0.1) is 0 Å². The summed E-state index contributed by atoms with van der Waals surface area (Å²) in [5.41, 5.74) is 1.39. The maximum Gasteiger partial charge on any atom is 0.321 e. The number of nitrogens with one attached hydrogen (secondary N) is 1. The number of urea groups is 1. The van der Waals surface area contributed by atoms with Gasteiger partial charge in [0.1, 0.15) is 0 Å². The van der Waals surface area contributed by atoms with Gasteiger partial charge in [0.15, 0.2) is 0 Å². The van der Waals surface area contributed by atoms with E-state index in [0.717, 1.165) is 38.8 Å². The zero-order chi connectivity index (χ0) is 13.0. The molecule has 1 heterocycles. The van der Waals surface area contributed by atoms with E-state index in [4.69, 9.17) is 0 Å². The highest BCUT2D eigenvalue weighted by Gasteiger charge is 2.23. The Hall–Kier alpha value is -1.03. The zero-order valence-corrected chi connectivity index (χ0v) is 11.6. The average Bonchev–Trinajstić information content (AvgIpc) is 2.89. The lowest BCUT2D eigenvalue weighted by atomic mass is 10.0. The number of piperidine rings is 1. The Labute approximate surface area is 110 Å². The fourth-order valence-electron chi connectivity index (χ4n) is 2.79. The van der Waals surface area contributed by atoms with Crippen LogP contribution in [0.5, 0.6) is 0 Å². The average molecular weight is 251 g/mol. The van der Waals surface area contributed by atoms with E-state index in [1.54, 1.807) is 0 Å². The quantitative estimate of drug-likeness (QED) is 0.816. The first-order valence-electron chi connectivity index (χ1n) is 7.06. The maximum absolute atomic E-state index is 12.0. The van der Waals surface area contributed by atoms with Gasteiger partial charge in [-0.05, 0) is 58.7 Å². The summed E-state index contributed by atoms with van der Waals surface area (Å²) < 4.78 is 0. The van der Waals surface area contributed by atoms with Gasteiger partial charge in [-0.3, -0.25) is 0 Å². The lowest BCUT2D eigenvalue weighted by Crippen LogP contribution is -2.47. The lowest BCUT2D eigenvalue weighted by Gasteiger charge is -2.34. The minimum Gasteiger partial charge on any atom is -0.325 e. The topological polar surface area (TPSA) is 35.6 Å². The predicted octanol–water partition coefficient (Wildman–Crippen LogP) is 2.18. The van der Waals surface area contributed by atoms with Crippen LogP contribution in [0.25, 0.3) is 0 Å². The minimum atomic E-state index is 0.0453. The molecule has 1 aliphatic heterocycles. The second-order valence-corrected chi connectivity index (χ2v) is 5.60. The van der Waals surface area contributed by atoms with Crippen LogP contribution in [-0.4, -0.2) is 49.1 Å². The van der Waals surface area contributed by atoms with Crippen molar-refractivity contribution in [3.05, 3.63) is 11.8 Å². The highest BCUT2D eigenvalue weighted by Crippen LogP contribution is 2.22. The Balaban J connectivity index is 1.79. The molecule has 2 fully saturated rings. The summed E-state index contributed by atoms with van der Waals surface area (Å²) in [7, 11) is 4.05. The van der Waals surface area contributed by atoms with Crippen LogP contribution in [-0.2, 0) is 0 Å². The van der Waals surface area contributed by atoms with Crippen LogP contribution < -0.4 is 5.32 Å². The van der Waals surface area contributed by atoms with Gasteiger partial charge in [0.2, 0.25) is 0 Å². The first-order valence-corrected chi connectivity index (χ1v) is 7.06. The summed E-state index contributed by atoms with van der Waals surface area (Å²) in [5, 5.41) is 2.94. The summed E-state index contributed by atoms with van der Waals surface area (Å²) in [6, 6.07) is 0.437. The largest absolute Gasteiger partial charge is 0.325 e. The third-order valence-electron chi connectivity index (χ3n) is 4.20. The minimum absolute atomic E-state index is 0.0453. The molecule has 0 radical (unpaired) electrons. The SMILES string of the molecule is CN1CCC(N(C)C(=O)NC=C2CCCC2)CC1. The van der Waals surface area contributed by atoms with Crippen molar-refractivity contribution in [3.63, 3.8) is 0 Å². The summed E-state index contributed by atoms with van der Waals surface area (Å²) in [5.74, 6) is 0. The molecule has 0 spiro atoms. The molecule has 0 aromatic carbocycles. The van der Waals surface area contributed by atoms with Gasteiger partial charge in [0, 0.05) is 19.3 Å². The molecule has 4 nitrogen and oxygen atoms in total. The van der Waals surface area contributed by atoms with Crippen LogP contribution in [0.4, 0.5) is 4.79 Å². The normalized spacial score (nSPS) is 22.0. The van der Waals surface area contributed by atoms with Gasteiger partial charge >= 0.3 is 6.03 Å². The molecule has 1 saturated carbocycles. The molecule has 2 aliphatic rings. The standard InChI is InChI=1S/C14H25N3O/c1-16-9-7-13(8-10-16)17(2)14(18)15-11-12-5-3-4-6-12/h11,13H,3-10H2,1-2H3,(H,15,18). The summed E-state index contributed by atoms with van der Waals surface area (Å²) in [4.78, 5) is 16.2. The van der Waals surface area contributed by atoms with E-state index in [0.29, 0.717) is 6.04 Å². The number of carbonyl (C=O) groups is 1. The smallest absolute Gasteiger partial charge is 0.321 e. The van der Waals surface area contributed by atoms with Crippen molar-refractivity contribution >= 4 is 6.03 Å². The van der Waals surface area contributed by atoms with E-state index in [2.05, 4.69) is 17.3 Å². The van der Waals surface area contributed by atoms with E-state index in [-0.39, 0.29) is 6.03 Å². The van der Waals surface area contributed by atoms with Crippen molar-refractivity contribution in [1.29, 1.82) is 0 Å². The highest BCUT2D eigenvalue weighted by atomic mass is 16.2. The summed E-state index contributed by atoms with van der Waals surface area (Å²) in [6.07, 6.45) is 8.93. The van der Waals surface area contributed by atoms with E-state index in [9.17, 15) is 4.79 Å². The first-order chi connectivity index (χ1) is 8.66. The fraction of sp³-hybridized carbons (Fsp3) is 0.786. The molecule has 0 aromatic heterocycles. The Bertz CT molecular complexity index is 311. The summed E-state index contributed by atoms with van der Waals surface area (Å²) >= 11 is 0. The Morgan fingerprint density at radius 2 is 1.94 bits per heavy atom. The van der Waals surface area contributed by atoms with E-state index < -0.39 is 0 Å². The van der Waals surface area contributed by atoms with Crippen LogP contribution in [0.2, 0.25) is 0 Å². The van der Waals surface area contributed by atoms with Crippen molar-refractivity contribution in [1.82, 2.24) is 15.1 Å². The van der Waals surface area contributed by atoms with Gasteiger partial charge in [0.05, 0.1) is 0 Å². The van der Waals surface area contributed by atoms with Crippen LogP contribution in [0.15, 0.2) is 11.8 Å². The Morgan fingerprint density at radius 1 is 1.33 bits per heavy atom. The van der Waals surface area contributed by atoms with E-state index in [1.165, 1.54) is 18.4 Å². The van der Waals surface area contributed by atoms with E-state index >= 15 is 0 Å². The van der Waals surface area contributed by atoms with Crippen LogP contribution in [0.1, 0.15) is 38.5 Å². The molecular formula is C14H25N3O. The van der Waals surface area contributed by atoms with Crippen molar-refractivity contribution in [3.8, 4) is 0 Å². The number of allylic oxidation sites excluding steroid dienone is 1. The molecule has 0 unspecified atom stereocenters. The number of amides is 2. The second-order valence-electron chi connectivity index (χ2n) is 5.60. The molecule has 0 bridgehead atoms. The van der Waals surface area contributed by atoms with E-state index in [1.807, 2.05) is 18.1 Å². The van der Waals surface area contributed by atoms with Crippen LogP contribution in [0.3, 0.4) is 0 Å².